The molecule has 0 aliphatic heterocycles. The Morgan fingerprint density at radius 3 is 2.31 bits per heavy atom. The van der Waals surface area contributed by atoms with Gasteiger partial charge < -0.3 is 9.64 Å². The number of hydrogen-bond donors (Lipinski definition) is 0. The van der Waals surface area contributed by atoms with Gasteiger partial charge in [0.15, 0.2) is 0 Å². The minimum atomic E-state index is 0.188. The fourth-order valence-corrected chi connectivity index (χ4v) is 3.55. The fraction of sp³-hybridized carbons (Fsp3) is 0.333. The highest BCUT2D eigenvalue weighted by atomic mass is 16.5. The predicted molar refractivity (Wildman–Crippen MR) is 113 cm³/mol. The average Bonchev–Trinajstić information content (AvgIpc) is 3.56. The van der Waals surface area contributed by atoms with E-state index in [-0.39, 0.29) is 5.91 Å². The molecule has 1 saturated carbocycles. The van der Waals surface area contributed by atoms with Crippen molar-refractivity contribution >= 4 is 5.91 Å². The lowest BCUT2D eigenvalue weighted by Crippen LogP contribution is -2.32. The summed E-state index contributed by atoms with van der Waals surface area (Å²) < 4.78 is 8.22. The molecule has 1 aliphatic rings. The fourth-order valence-electron chi connectivity index (χ4n) is 3.55. The Morgan fingerprint density at radius 1 is 1.07 bits per heavy atom. The predicted octanol–water partition coefficient (Wildman–Crippen LogP) is 5.13. The van der Waals surface area contributed by atoms with E-state index < -0.39 is 0 Å². The van der Waals surface area contributed by atoms with Crippen molar-refractivity contribution in [2.24, 2.45) is 0 Å². The molecule has 0 radical (unpaired) electrons. The van der Waals surface area contributed by atoms with E-state index in [0.29, 0.717) is 24.9 Å². The number of aryl methyl sites for hydroxylation is 1. The number of aromatic nitrogens is 2. The van der Waals surface area contributed by atoms with Gasteiger partial charge in [-0.05, 0) is 43.5 Å². The molecule has 2 aromatic carbocycles. The van der Waals surface area contributed by atoms with Crippen LogP contribution in [0.3, 0.4) is 0 Å². The van der Waals surface area contributed by atoms with Crippen molar-refractivity contribution in [2.45, 2.75) is 52.1 Å². The number of nitrogens with zero attached hydrogens (tertiary/aromatic N) is 3. The summed E-state index contributed by atoms with van der Waals surface area (Å²) in [6.07, 6.45) is 3.45. The molecule has 5 heteroatoms. The summed E-state index contributed by atoms with van der Waals surface area (Å²) in [4.78, 5) is 14.6. The second-order valence-corrected chi connectivity index (χ2v) is 7.35. The standard InChI is InChI=1S/C24H27N3O2/c1-3-22-21(17-26(18-15-16-18)23(28)4-2)24(29-20-13-9-6-10-14-20)27(25-22)19-11-7-5-8-12-19/h5-14,18H,3-4,15-17H2,1-2H3. The molecule has 0 N–H and O–H groups in total. The van der Waals surface area contributed by atoms with E-state index in [1.54, 1.807) is 0 Å². The second-order valence-electron chi connectivity index (χ2n) is 7.35. The van der Waals surface area contributed by atoms with Gasteiger partial charge in [-0.25, -0.2) is 4.68 Å². The molecular formula is C24H27N3O2. The molecule has 0 bridgehead atoms. The second kappa shape index (κ2) is 8.52. The van der Waals surface area contributed by atoms with Crippen molar-refractivity contribution in [2.75, 3.05) is 0 Å². The molecule has 0 spiro atoms. The van der Waals surface area contributed by atoms with Crippen LogP contribution in [0.25, 0.3) is 5.69 Å². The molecule has 4 rings (SSSR count). The van der Waals surface area contributed by atoms with E-state index >= 15 is 0 Å². The summed E-state index contributed by atoms with van der Waals surface area (Å²) in [6, 6.07) is 20.1. The molecule has 1 fully saturated rings. The van der Waals surface area contributed by atoms with Crippen LogP contribution in [0.15, 0.2) is 60.7 Å². The normalized spacial score (nSPS) is 13.3. The molecule has 1 amide bonds. The number of para-hydroxylation sites is 2. The summed E-state index contributed by atoms with van der Waals surface area (Å²) in [6.45, 7) is 4.55. The van der Waals surface area contributed by atoms with Crippen LogP contribution in [0.4, 0.5) is 0 Å². The smallest absolute Gasteiger partial charge is 0.227 e. The summed E-state index contributed by atoms with van der Waals surface area (Å²) in [5.74, 6) is 1.63. The molecular weight excluding hydrogens is 362 g/mol. The number of benzene rings is 2. The maximum absolute atomic E-state index is 12.6. The SMILES string of the molecule is CCC(=O)N(Cc1c(CC)nn(-c2ccccc2)c1Oc1ccccc1)C1CC1. The maximum Gasteiger partial charge on any atom is 0.227 e. The van der Waals surface area contributed by atoms with Gasteiger partial charge in [0.1, 0.15) is 5.75 Å². The van der Waals surface area contributed by atoms with Gasteiger partial charge in [0.2, 0.25) is 11.8 Å². The molecule has 1 aliphatic carbocycles. The minimum absolute atomic E-state index is 0.188. The topological polar surface area (TPSA) is 47.4 Å². The van der Waals surface area contributed by atoms with Gasteiger partial charge in [-0.1, -0.05) is 50.2 Å². The van der Waals surface area contributed by atoms with Crippen LogP contribution in [-0.2, 0) is 17.8 Å². The third kappa shape index (κ3) is 4.19. The summed E-state index contributed by atoms with van der Waals surface area (Å²) in [7, 11) is 0. The van der Waals surface area contributed by atoms with Crippen molar-refractivity contribution in [3.05, 3.63) is 71.9 Å². The molecule has 0 saturated heterocycles. The first-order valence-electron chi connectivity index (χ1n) is 10.4. The van der Waals surface area contributed by atoms with Gasteiger partial charge in [-0.15, -0.1) is 0 Å². The zero-order chi connectivity index (χ0) is 20.2. The molecule has 1 aromatic heterocycles. The van der Waals surface area contributed by atoms with Crippen LogP contribution in [-0.4, -0.2) is 26.6 Å². The quantitative estimate of drug-likeness (QED) is 0.537. The number of carbonyl (C=O) groups excluding carboxylic acids is 1. The van der Waals surface area contributed by atoms with Crippen LogP contribution in [0.1, 0.15) is 44.4 Å². The maximum atomic E-state index is 12.6. The van der Waals surface area contributed by atoms with Gasteiger partial charge in [0, 0.05) is 12.5 Å². The van der Waals surface area contributed by atoms with Crippen LogP contribution >= 0.6 is 0 Å². The van der Waals surface area contributed by atoms with E-state index in [4.69, 9.17) is 9.84 Å². The van der Waals surface area contributed by atoms with E-state index in [2.05, 4.69) is 6.92 Å². The molecule has 5 nitrogen and oxygen atoms in total. The van der Waals surface area contributed by atoms with Crippen LogP contribution < -0.4 is 4.74 Å². The van der Waals surface area contributed by atoms with E-state index in [1.807, 2.05) is 77.2 Å². The zero-order valence-corrected chi connectivity index (χ0v) is 17.0. The highest BCUT2D eigenvalue weighted by Gasteiger charge is 2.34. The van der Waals surface area contributed by atoms with E-state index in [9.17, 15) is 4.79 Å². The molecule has 150 valence electrons. The number of amides is 1. The molecule has 29 heavy (non-hydrogen) atoms. The number of ether oxygens (including phenoxy) is 1. The van der Waals surface area contributed by atoms with Crippen molar-refractivity contribution in [3.8, 4) is 17.3 Å². The Hall–Kier alpha value is -3.08. The number of hydrogen-bond acceptors (Lipinski definition) is 3. The van der Waals surface area contributed by atoms with Gasteiger partial charge in [-0.3, -0.25) is 4.79 Å². The molecule has 0 unspecified atom stereocenters. The summed E-state index contributed by atoms with van der Waals surface area (Å²) >= 11 is 0. The van der Waals surface area contributed by atoms with Crippen molar-refractivity contribution in [1.29, 1.82) is 0 Å². The first-order valence-corrected chi connectivity index (χ1v) is 10.4. The van der Waals surface area contributed by atoms with Crippen LogP contribution in [0.5, 0.6) is 11.6 Å². The highest BCUT2D eigenvalue weighted by molar-refractivity contribution is 5.76. The van der Waals surface area contributed by atoms with Gasteiger partial charge >= 0.3 is 0 Å². The monoisotopic (exact) mass is 389 g/mol. The number of carbonyl (C=O) groups is 1. The Bertz CT molecular complexity index is 963. The van der Waals surface area contributed by atoms with E-state index in [1.165, 1.54) is 0 Å². The van der Waals surface area contributed by atoms with E-state index in [0.717, 1.165) is 42.0 Å². The Kier molecular flexibility index (Phi) is 5.65. The summed E-state index contributed by atoms with van der Waals surface area (Å²) in [5.41, 5.74) is 2.91. The molecule has 0 atom stereocenters. The Balaban J connectivity index is 1.79. The zero-order valence-electron chi connectivity index (χ0n) is 17.0. The van der Waals surface area contributed by atoms with Crippen molar-refractivity contribution in [3.63, 3.8) is 0 Å². The third-order valence-electron chi connectivity index (χ3n) is 5.25. The Morgan fingerprint density at radius 2 is 1.72 bits per heavy atom. The van der Waals surface area contributed by atoms with Crippen LogP contribution in [0.2, 0.25) is 0 Å². The average molecular weight is 389 g/mol. The molecule has 1 heterocycles. The first-order chi connectivity index (χ1) is 14.2. The van der Waals surface area contributed by atoms with Crippen molar-refractivity contribution in [1.82, 2.24) is 14.7 Å². The lowest BCUT2D eigenvalue weighted by atomic mass is 10.1. The van der Waals surface area contributed by atoms with Gasteiger partial charge in [0.25, 0.3) is 0 Å². The van der Waals surface area contributed by atoms with Crippen LogP contribution in [0, 0.1) is 0 Å². The largest absolute Gasteiger partial charge is 0.439 e. The lowest BCUT2D eigenvalue weighted by molar-refractivity contribution is -0.132. The highest BCUT2D eigenvalue weighted by Crippen LogP contribution is 2.35. The molecule has 3 aromatic rings. The Labute approximate surface area is 171 Å². The lowest BCUT2D eigenvalue weighted by Gasteiger charge is -2.22. The third-order valence-corrected chi connectivity index (χ3v) is 5.25. The van der Waals surface area contributed by atoms with Gasteiger partial charge in [0.05, 0.1) is 23.5 Å². The van der Waals surface area contributed by atoms with Crippen molar-refractivity contribution < 1.29 is 9.53 Å². The number of rotatable bonds is 8. The first kappa shape index (κ1) is 19.2. The van der Waals surface area contributed by atoms with Gasteiger partial charge in [-0.2, -0.15) is 5.10 Å². The summed E-state index contributed by atoms with van der Waals surface area (Å²) in [5, 5.41) is 4.87. The minimum Gasteiger partial charge on any atom is -0.439 e.